The fraction of sp³-hybridized carbons (Fsp3) is 0.154. The van der Waals surface area contributed by atoms with Crippen molar-refractivity contribution in [1.82, 2.24) is 0 Å². The molecule has 0 radical (unpaired) electrons. The van der Waals surface area contributed by atoms with Gasteiger partial charge in [0.1, 0.15) is 17.5 Å². The molecule has 2 amide bonds. The van der Waals surface area contributed by atoms with Crippen LogP contribution in [0.2, 0.25) is 0 Å². The van der Waals surface area contributed by atoms with E-state index in [4.69, 9.17) is 10.00 Å². The number of amides is 2. The fourth-order valence-corrected chi connectivity index (χ4v) is 1.81. The molecule has 0 aromatic heterocycles. The van der Waals surface area contributed by atoms with Crippen LogP contribution in [0.1, 0.15) is 12.5 Å². The lowest BCUT2D eigenvalue weighted by Gasteiger charge is -2.18. The van der Waals surface area contributed by atoms with Gasteiger partial charge in [-0.15, -0.1) is 0 Å². The molecule has 1 aliphatic heterocycles. The molecule has 0 N–H and O–H groups in total. The molecule has 0 atom stereocenters. The Hall–Kier alpha value is -2.61. The van der Waals surface area contributed by atoms with Crippen molar-refractivity contribution in [3.63, 3.8) is 0 Å². The third-order valence-electron chi connectivity index (χ3n) is 2.66. The summed E-state index contributed by atoms with van der Waals surface area (Å²) in [6.07, 6.45) is 1.25. The van der Waals surface area contributed by atoms with Crippen molar-refractivity contribution in [1.29, 1.82) is 5.26 Å². The van der Waals surface area contributed by atoms with E-state index in [2.05, 4.69) is 0 Å². The molecule has 2 rings (SSSR count). The molecule has 90 valence electrons. The van der Waals surface area contributed by atoms with Crippen LogP contribution in [-0.2, 0) is 9.59 Å². The Bertz CT molecular complexity index is 611. The van der Waals surface area contributed by atoms with E-state index >= 15 is 0 Å². The number of ether oxygens (including phenoxy) is 1. The van der Waals surface area contributed by atoms with Gasteiger partial charge in [0, 0.05) is 11.6 Å². The minimum absolute atomic E-state index is 0.200. The van der Waals surface area contributed by atoms with Gasteiger partial charge in [-0.1, -0.05) is 6.07 Å². The zero-order valence-corrected chi connectivity index (χ0v) is 9.93. The van der Waals surface area contributed by atoms with Gasteiger partial charge in [0.15, 0.2) is 0 Å². The Labute approximate surface area is 104 Å². The van der Waals surface area contributed by atoms with Crippen LogP contribution in [0.3, 0.4) is 0 Å². The Morgan fingerprint density at radius 2 is 2.06 bits per heavy atom. The molecule has 0 fully saturated rings. The lowest BCUT2D eigenvalue weighted by Crippen LogP contribution is -2.31. The number of hydrogen-bond acceptors (Lipinski definition) is 4. The van der Waals surface area contributed by atoms with E-state index in [9.17, 15) is 9.59 Å². The molecule has 0 saturated heterocycles. The van der Waals surface area contributed by atoms with Crippen molar-refractivity contribution in [2.75, 3.05) is 12.0 Å². The average Bonchev–Trinajstić information content (AvgIpc) is 2.62. The van der Waals surface area contributed by atoms with Crippen molar-refractivity contribution in [3.8, 4) is 11.8 Å². The number of imide groups is 1. The summed E-state index contributed by atoms with van der Waals surface area (Å²) in [5, 5.41) is 9.07. The second-order valence-corrected chi connectivity index (χ2v) is 3.77. The first-order valence-electron chi connectivity index (χ1n) is 5.24. The quantitative estimate of drug-likeness (QED) is 0.735. The highest BCUT2D eigenvalue weighted by molar-refractivity contribution is 6.31. The minimum atomic E-state index is -0.460. The predicted molar refractivity (Wildman–Crippen MR) is 64.0 cm³/mol. The molecule has 5 heteroatoms. The SMILES string of the molecule is COc1cccc(C#N)c1N1C(=O)C=C(C)C1=O. The molecule has 0 spiro atoms. The minimum Gasteiger partial charge on any atom is -0.495 e. The molecule has 1 heterocycles. The first-order valence-corrected chi connectivity index (χ1v) is 5.24. The zero-order chi connectivity index (χ0) is 13.3. The first kappa shape index (κ1) is 11.9. The van der Waals surface area contributed by atoms with E-state index in [1.54, 1.807) is 19.1 Å². The van der Waals surface area contributed by atoms with Crippen LogP contribution in [0.25, 0.3) is 0 Å². The molecular formula is C13H10N2O3. The van der Waals surface area contributed by atoms with E-state index in [0.29, 0.717) is 11.3 Å². The third-order valence-corrected chi connectivity index (χ3v) is 2.66. The summed E-state index contributed by atoms with van der Waals surface area (Å²) < 4.78 is 5.11. The van der Waals surface area contributed by atoms with Gasteiger partial charge in [0.05, 0.1) is 12.7 Å². The summed E-state index contributed by atoms with van der Waals surface area (Å²) in [5.74, 6) is -0.571. The van der Waals surface area contributed by atoms with Gasteiger partial charge < -0.3 is 4.74 Å². The van der Waals surface area contributed by atoms with Crippen LogP contribution < -0.4 is 9.64 Å². The third kappa shape index (κ3) is 1.64. The Kier molecular flexibility index (Phi) is 2.86. The Morgan fingerprint density at radius 3 is 2.56 bits per heavy atom. The normalized spacial score (nSPS) is 14.5. The molecule has 0 aliphatic carbocycles. The number of nitrogens with zero attached hydrogens (tertiary/aromatic N) is 2. The van der Waals surface area contributed by atoms with Crippen molar-refractivity contribution in [3.05, 3.63) is 35.4 Å². The Morgan fingerprint density at radius 1 is 1.33 bits per heavy atom. The summed E-state index contributed by atoms with van der Waals surface area (Å²) in [6, 6.07) is 6.72. The number of carbonyl (C=O) groups excluding carboxylic acids is 2. The highest BCUT2D eigenvalue weighted by atomic mass is 16.5. The molecule has 5 nitrogen and oxygen atoms in total. The van der Waals surface area contributed by atoms with Gasteiger partial charge in [-0.2, -0.15) is 5.26 Å². The summed E-state index contributed by atoms with van der Waals surface area (Å²) in [4.78, 5) is 24.7. The van der Waals surface area contributed by atoms with Gasteiger partial charge >= 0.3 is 0 Å². The van der Waals surface area contributed by atoms with E-state index < -0.39 is 11.8 Å². The maximum Gasteiger partial charge on any atom is 0.261 e. The van der Waals surface area contributed by atoms with Crippen molar-refractivity contribution >= 4 is 17.5 Å². The smallest absolute Gasteiger partial charge is 0.261 e. The topological polar surface area (TPSA) is 70.4 Å². The fourth-order valence-electron chi connectivity index (χ4n) is 1.81. The summed E-state index contributed by atoms with van der Waals surface area (Å²) in [7, 11) is 1.42. The Balaban J connectivity index is 2.62. The lowest BCUT2D eigenvalue weighted by atomic mass is 10.1. The molecular weight excluding hydrogens is 232 g/mol. The number of carbonyl (C=O) groups is 2. The van der Waals surface area contributed by atoms with E-state index in [1.165, 1.54) is 19.3 Å². The lowest BCUT2D eigenvalue weighted by molar-refractivity contribution is -0.120. The maximum absolute atomic E-state index is 11.9. The maximum atomic E-state index is 11.9. The molecule has 0 saturated carbocycles. The summed E-state index contributed by atoms with van der Waals surface area (Å²) in [6.45, 7) is 1.56. The number of hydrogen-bond donors (Lipinski definition) is 0. The summed E-state index contributed by atoms with van der Waals surface area (Å²) in [5.41, 5.74) is 0.763. The van der Waals surface area contributed by atoms with Crippen LogP contribution in [-0.4, -0.2) is 18.9 Å². The van der Waals surface area contributed by atoms with Crippen LogP contribution in [0.4, 0.5) is 5.69 Å². The molecule has 1 aliphatic rings. The molecule has 0 unspecified atom stereocenters. The van der Waals surface area contributed by atoms with Crippen molar-refractivity contribution < 1.29 is 14.3 Å². The van der Waals surface area contributed by atoms with Gasteiger partial charge in [-0.25, -0.2) is 4.90 Å². The molecule has 0 bridgehead atoms. The van der Waals surface area contributed by atoms with Crippen LogP contribution >= 0.6 is 0 Å². The largest absolute Gasteiger partial charge is 0.495 e. The first-order chi connectivity index (χ1) is 8.60. The van der Waals surface area contributed by atoms with E-state index in [0.717, 1.165) is 4.90 Å². The number of anilines is 1. The van der Waals surface area contributed by atoms with Gasteiger partial charge in [0.25, 0.3) is 11.8 Å². The number of nitriles is 1. The number of para-hydroxylation sites is 1. The predicted octanol–water partition coefficient (Wildman–Crippen LogP) is 1.39. The monoisotopic (exact) mass is 242 g/mol. The average molecular weight is 242 g/mol. The van der Waals surface area contributed by atoms with Crippen LogP contribution in [0.15, 0.2) is 29.8 Å². The molecule has 18 heavy (non-hydrogen) atoms. The van der Waals surface area contributed by atoms with Crippen molar-refractivity contribution in [2.45, 2.75) is 6.92 Å². The van der Waals surface area contributed by atoms with Gasteiger partial charge in [-0.05, 0) is 19.1 Å². The highest BCUT2D eigenvalue weighted by Gasteiger charge is 2.33. The highest BCUT2D eigenvalue weighted by Crippen LogP contribution is 2.34. The number of benzene rings is 1. The van der Waals surface area contributed by atoms with Crippen molar-refractivity contribution in [2.24, 2.45) is 0 Å². The van der Waals surface area contributed by atoms with E-state index in [1.807, 2.05) is 6.07 Å². The van der Waals surface area contributed by atoms with Gasteiger partial charge in [0.2, 0.25) is 0 Å². The number of rotatable bonds is 2. The van der Waals surface area contributed by atoms with Crippen LogP contribution in [0.5, 0.6) is 5.75 Å². The van der Waals surface area contributed by atoms with Gasteiger partial charge in [-0.3, -0.25) is 9.59 Å². The second kappa shape index (κ2) is 4.34. The van der Waals surface area contributed by atoms with E-state index in [-0.39, 0.29) is 11.3 Å². The number of methoxy groups -OCH3 is 1. The standard InChI is InChI=1S/C13H10N2O3/c1-8-6-11(16)15(13(8)17)12-9(7-14)4-3-5-10(12)18-2/h3-6H,1-2H3. The second-order valence-electron chi connectivity index (χ2n) is 3.77. The zero-order valence-electron chi connectivity index (χ0n) is 9.93. The summed E-state index contributed by atoms with van der Waals surface area (Å²) >= 11 is 0. The molecule has 1 aromatic carbocycles. The van der Waals surface area contributed by atoms with Crippen LogP contribution in [0, 0.1) is 11.3 Å². The molecule has 1 aromatic rings.